The fourth-order valence-electron chi connectivity index (χ4n) is 3.19. The van der Waals surface area contributed by atoms with Gasteiger partial charge >= 0.3 is 6.03 Å². The first-order valence-corrected chi connectivity index (χ1v) is 11.0. The lowest BCUT2D eigenvalue weighted by molar-refractivity contribution is -0.883. The molecule has 0 spiro atoms. The lowest BCUT2D eigenvalue weighted by Gasteiger charge is -2.34. The molecule has 1 heterocycles. The van der Waals surface area contributed by atoms with Crippen LogP contribution >= 0.6 is 0 Å². The molecule has 1 fully saturated rings. The van der Waals surface area contributed by atoms with E-state index in [1.165, 1.54) is 4.90 Å². The minimum atomic E-state index is -3.95. The molecule has 0 unspecified atom stereocenters. The largest absolute Gasteiger partial charge is 0.334 e. The van der Waals surface area contributed by atoms with Gasteiger partial charge in [-0.1, -0.05) is 47.5 Å². The van der Waals surface area contributed by atoms with E-state index in [-0.39, 0.29) is 11.4 Å². The molecule has 3 rings (SSSR count). The van der Waals surface area contributed by atoms with Gasteiger partial charge in [-0.15, -0.1) is 0 Å². The summed E-state index contributed by atoms with van der Waals surface area (Å²) in [6, 6.07) is 13.8. The molecule has 1 aliphatic heterocycles. The van der Waals surface area contributed by atoms with Gasteiger partial charge in [0.05, 0.1) is 44.7 Å². The summed E-state index contributed by atoms with van der Waals surface area (Å²) in [5.74, 6) is 0. The number of quaternary nitrogens is 1. The van der Waals surface area contributed by atoms with Gasteiger partial charge in [0.1, 0.15) is 0 Å². The van der Waals surface area contributed by atoms with Crippen LogP contribution in [0.1, 0.15) is 16.7 Å². The summed E-state index contributed by atoms with van der Waals surface area (Å²) >= 11 is 0. The maximum absolute atomic E-state index is 13.3. The zero-order chi connectivity index (χ0) is 20.3. The van der Waals surface area contributed by atoms with E-state index in [1.54, 1.807) is 29.2 Å². The van der Waals surface area contributed by atoms with E-state index < -0.39 is 16.1 Å². The molecule has 0 radical (unpaired) electrons. The van der Waals surface area contributed by atoms with Crippen LogP contribution in [0.4, 0.5) is 4.79 Å². The van der Waals surface area contributed by atoms with Gasteiger partial charge in [-0.05, 0) is 31.5 Å². The van der Waals surface area contributed by atoms with Gasteiger partial charge in [0.25, 0.3) is 10.0 Å². The summed E-state index contributed by atoms with van der Waals surface area (Å²) < 4.78 is 27.7. The highest BCUT2D eigenvalue weighted by atomic mass is 32.2. The Bertz CT molecular complexity index is 916. The molecule has 1 saturated heterocycles. The molecule has 0 saturated carbocycles. The van der Waals surface area contributed by atoms with Crippen LogP contribution in [-0.2, 0) is 16.6 Å². The smallest absolute Gasteiger partial charge is 0.334 e. The van der Waals surface area contributed by atoms with Crippen LogP contribution < -0.4 is 4.90 Å². The second kappa shape index (κ2) is 8.32. The van der Waals surface area contributed by atoms with Crippen molar-refractivity contribution >= 4 is 16.1 Å². The molecule has 0 bridgehead atoms. The molecule has 150 valence electrons. The molecular formula is C21H28N3O3S+. The molecule has 0 aliphatic carbocycles. The van der Waals surface area contributed by atoms with Crippen molar-refractivity contribution in [2.24, 2.45) is 0 Å². The van der Waals surface area contributed by atoms with Gasteiger partial charge in [0, 0.05) is 0 Å². The predicted molar refractivity (Wildman–Crippen MR) is 109 cm³/mol. The number of urea groups is 1. The van der Waals surface area contributed by atoms with Crippen molar-refractivity contribution in [3.8, 4) is 0 Å². The molecule has 7 heteroatoms. The summed E-state index contributed by atoms with van der Waals surface area (Å²) in [6.45, 7) is 6.63. The van der Waals surface area contributed by atoms with Crippen LogP contribution in [0, 0.1) is 13.8 Å². The minimum absolute atomic E-state index is 0.0223. The minimum Gasteiger partial charge on any atom is -0.334 e. The van der Waals surface area contributed by atoms with Crippen LogP contribution in [0.2, 0.25) is 0 Å². The van der Waals surface area contributed by atoms with Gasteiger partial charge in [-0.2, -0.15) is 0 Å². The number of carbonyl (C=O) groups is 1. The lowest BCUT2D eigenvalue weighted by atomic mass is 10.1. The predicted octanol–water partition coefficient (Wildman–Crippen LogP) is 1.44. The van der Waals surface area contributed by atoms with Gasteiger partial charge in [0.2, 0.25) is 0 Å². The Labute approximate surface area is 167 Å². The molecule has 2 amide bonds. The number of nitrogens with zero attached hydrogens (tertiary/aromatic N) is 2. The second-order valence-corrected chi connectivity index (χ2v) is 9.40. The number of sulfonamides is 1. The van der Waals surface area contributed by atoms with E-state index in [0.29, 0.717) is 13.1 Å². The number of amides is 2. The number of likely N-dealkylation sites (N-methyl/N-ethyl adjacent to an activating group) is 1. The second-order valence-electron chi connectivity index (χ2n) is 7.54. The summed E-state index contributed by atoms with van der Waals surface area (Å²) in [4.78, 5) is 16.4. The fourth-order valence-corrected chi connectivity index (χ4v) is 4.56. The lowest BCUT2D eigenvalue weighted by Crippen LogP contribution is -3.12. The Morgan fingerprint density at radius 1 is 0.964 bits per heavy atom. The van der Waals surface area contributed by atoms with E-state index in [4.69, 9.17) is 0 Å². The number of rotatable bonds is 4. The molecule has 2 aromatic rings. The molecule has 2 aromatic carbocycles. The van der Waals surface area contributed by atoms with Crippen molar-refractivity contribution in [3.05, 3.63) is 65.2 Å². The van der Waals surface area contributed by atoms with E-state index in [1.807, 2.05) is 38.1 Å². The topological polar surface area (TPSA) is 62.1 Å². The van der Waals surface area contributed by atoms with Crippen molar-refractivity contribution in [2.75, 3.05) is 33.2 Å². The van der Waals surface area contributed by atoms with E-state index in [9.17, 15) is 13.2 Å². The molecule has 1 aliphatic rings. The van der Waals surface area contributed by atoms with Crippen LogP contribution in [0.5, 0.6) is 0 Å². The number of hydrogen-bond donors (Lipinski definition) is 1. The number of hydrogen-bond acceptors (Lipinski definition) is 3. The maximum atomic E-state index is 13.3. The van der Waals surface area contributed by atoms with Crippen molar-refractivity contribution in [1.82, 2.24) is 9.21 Å². The summed E-state index contributed by atoms with van der Waals surface area (Å²) in [5.41, 5.74) is 2.84. The molecule has 6 nitrogen and oxygen atoms in total. The van der Waals surface area contributed by atoms with Crippen LogP contribution in [-0.4, -0.2) is 56.9 Å². The highest BCUT2D eigenvalue weighted by Crippen LogP contribution is 2.21. The Morgan fingerprint density at radius 2 is 1.46 bits per heavy atom. The third kappa shape index (κ3) is 4.54. The van der Waals surface area contributed by atoms with Crippen LogP contribution in [0.15, 0.2) is 53.4 Å². The van der Waals surface area contributed by atoms with Gasteiger partial charge in [0.15, 0.2) is 0 Å². The van der Waals surface area contributed by atoms with E-state index in [0.717, 1.165) is 34.1 Å². The Hall–Kier alpha value is -2.38. The number of aryl methyl sites for hydroxylation is 2. The molecule has 0 aromatic heterocycles. The Morgan fingerprint density at radius 3 is 2.00 bits per heavy atom. The molecule has 28 heavy (non-hydrogen) atoms. The highest BCUT2D eigenvalue weighted by Gasteiger charge is 2.34. The first kappa shape index (κ1) is 20.4. The molecule has 1 N–H and O–H groups in total. The van der Waals surface area contributed by atoms with Crippen LogP contribution in [0.25, 0.3) is 0 Å². The zero-order valence-electron chi connectivity index (χ0n) is 16.7. The first-order chi connectivity index (χ1) is 13.3. The average Bonchev–Trinajstić information content (AvgIpc) is 2.68. The summed E-state index contributed by atoms with van der Waals surface area (Å²) in [7, 11) is -1.87. The number of nitrogens with one attached hydrogen (secondary N) is 1. The van der Waals surface area contributed by atoms with Gasteiger partial charge in [-0.25, -0.2) is 17.5 Å². The fraction of sp³-hybridized carbons (Fsp3) is 0.381. The van der Waals surface area contributed by atoms with Gasteiger partial charge < -0.3 is 9.80 Å². The Kier molecular flexibility index (Phi) is 6.05. The maximum Gasteiger partial charge on any atom is 0.334 e. The molecular weight excluding hydrogens is 374 g/mol. The third-order valence-electron chi connectivity index (χ3n) is 5.16. The molecule has 0 atom stereocenters. The Balaban J connectivity index is 1.94. The highest BCUT2D eigenvalue weighted by molar-refractivity contribution is 7.89. The number of piperazine rings is 1. The van der Waals surface area contributed by atoms with Gasteiger partial charge in [-0.3, -0.25) is 0 Å². The number of benzene rings is 2. The van der Waals surface area contributed by atoms with Crippen LogP contribution in [0.3, 0.4) is 0 Å². The van der Waals surface area contributed by atoms with Crippen molar-refractivity contribution in [1.29, 1.82) is 0 Å². The summed E-state index contributed by atoms with van der Waals surface area (Å²) in [6.07, 6.45) is 0. The standard InChI is InChI=1S/C21H27N3O3S/c1-17-4-8-19(9-5-17)16-24(21(25)23-14-12-22(3)13-15-23)28(26,27)20-10-6-18(2)7-11-20/h4-11H,12-16H2,1-3H3/p+1. The quantitative estimate of drug-likeness (QED) is 0.842. The first-order valence-electron chi connectivity index (χ1n) is 9.52. The van der Waals surface area contributed by atoms with E-state index >= 15 is 0 Å². The SMILES string of the molecule is Cc1ccc(CN(C(=O)N2CC[NH+](C)CC2)S(=O)(=O)c2ccc(C)cc2)cc1. The summed E-state index contributed by atoms with van der Waals surface area (Å²) in [5, 5.41) is 0. The average molecular weight is 403 g/mol. The third-order valence-corrected chi connectivity index (χ3v) is 6.89. The van der Waals surface area contributed by atoms with Crippen molar-refractivity contribution in [2.45, 2.75) is 25.3 Å². The normalized spacial score (nSPS) is 15.5. The monoisotopic (exact) mass is 402 g/mol. The number of carbonyl (C=O) groups excluding carboxylic acids is 1. The zero-order valence-corrected chi connectivity index (χ0v) is 17.5. The van der Waals surface area contributed by atoms with Crippen molar-refractivity contribution < 1.29 is 18.1 Å². The van der Waals surface area contributed by atoms with Crippen molar-refractivity contribution in [3.63, 3.8) is 0 Å². The van der Waals surface area contributed by atoms with E-state index in [2.05, 4.69) is 7.05 Å².